The lowest BCUT2D eigenvalue weighted by molar-refractivity contribution is 0.101. The van der Waals surface area contributed by atoms with Gasteiger partial charge in [0.2, 0.25) is 5.90 Å². The predicted octanol–water partition coefficient (Wildman–Crippen LogP) is 6.42. The van der Waals surface area contributed by atoms with Crippen molar-refractivity contribution in [2.75, 3.05) is 13.7 Å². The molecule has 0 bridgehead atoms. The maximum atomic E-state index is 12.2. The largest absolute Gasteiger partial charge is 0.515 e. The first kappa shape index (κ1) is 22.1. The molecule has 5 rings (SSSR count). The molecule has 6 nitrogen and oxygen atoms in total. The van der Waals surface area contributed by atoms with Crippen LogP contribution in [0.1, 0.15) is 29.7 Å². The number of carbonyl (C=O) groups excluding carboxylic acids is 1. The molecule has 0 saturated heterocycles. The second-order valence-corrected chi connectivity index (χ2v) is 8.72. The van der Waals surface area contributed by atoms with Crippen molar-refractivity contribution in [3.05, 3.63) is 94.4 Å². The lowest BCUT2D eigenvalue weighted by atomic mass is 10.0. The molecule has 1 atom stereocenters. The zero-order valence-corrected chi connectivity index (χ0v) is 19.6. The zero-order chi connectivity index (χ0) is 23.5. The Labute approximate surface area is 202 Å². The van der Waals surface area contributed by atoms with E-state index in [1.54, 1.807) is 25.8 Å². The van der Waals surface area contributed by atoms with Gasteiger partial charge in [-0.3, -0.25) is 0 Å². The van der Waals surface area contributed by atoms with Gasteiger partial charge in [0.25, 0.3) is 0 Å². The van der Waals surface area contributed by atoms with Crippen molar-refractivity contribution < 1.29 is 23.7 Å². The molecule has 0 N–H and O–H groups in total. The number of benzene rings is 3. The van der Waals surface area contributed by atoms with E-state index in [2.05, 4.69) is 12.1 Å². The summed E-state index contributed by atoms with van der Waals surface area (Å²) >= 11 is 1.63. The van der Waals surface area contributed by atoms with Gasteiger partial charge in [-0.15, -0.1) is 0 Å². The Morgan fingerprint density at radius 1 is 1.03 bits per heavy atom. The maximum absolute atomic E-state index is 12.2. The number of ether oxygens (including phenoxy) is 4. The molecule has 2 aliphatic rings. The minimum atomic E-state index is -0.780. The van der Waals surface area contributed by atoms with Gasteiger partial charge in [0.1, 0.15) is 24.1 Å². The van der Waals surface area contributed by atoms with Gasteiger partial charge in [-0.25, -0.2) is 9.79 Å². The van der Waals surface area contributed by atoms with E-state index < -0.39 is 6.16 Å². The lowest BCUT2D eigenvalue weighted by Crippen LogP contribution is -2.15. The number of aliphatic imine (C=N–C) groups is 1. The molecule has 0 fully saturated rings. The third kappa shape index (κ3) is 4.26. The van der Waals surface area contributed by atoms with Gasteiger partial charge in [-0.2, -0.15) is 0 Å². The molecule has 172 valence electrons. The van der Waals surface area contributed by atoms with Crippen LogP contribution in [-0.4, -0.2) is 25.8 Å². The van der Waals surface area contributed by atoms with Crippen LogP contribution in [0.3, 0.4) is 0 Å². The molecule has 3 aromatic carbocycles. The van der Waals surface area contributed by atoms with Gasteiger partial charge >= 0.3 is 6.16 Å². The lowest BCUT2D eigenvalue weighted by Gasteiger charge is -2.16. The highest BCUT2D eigenvalue weighted by molar-refractivity contribution is 8.03. The summed E-state index contributed by atoms with van der Waals surface area (Å²) < 4.78 is 22.3. The number of fused-ring (bicyclic) bond motifs is 3. The molecule has 0 aromatic heterocycles. The number of hydrogen-bond donors (Lipinski definition) is 0. The molecule has 0 spiro atoms. The molecule has 0 saturated carbocycles. The van der Waals surface area contributed by atoms with Gasteiger partial charge in [0, 0.05) is 21.4 Å². The summed E-state index contributed by atoms with van der Waals surface area (Å²) in [5.74, 6) is 1.51. The zero-order valence-electron chi connectivity index (χ0n) is 18.8. The van der Waals surface area contributed by atoms with Gasteiger partial charge in [0.15, 0.2) is 0 Å². The Kier molecular flexibility index (Phi) is 6.27. The van der Waals surface area contributed by atoms with Crippen molar-refractivity contribution in [2.45, 2.75) is 24.5 Å². The van der Waals surface area contributed by atoms with Crippen molar-refractivity contribution in [1.82, 2.24) is 0 Å². The van der Waals surface area contributed by atoms with Crippen LogP contribution in [0.2, 0.25) is 0 Å². The number of nitrogens with zero attached hydrogens (tertiary/aromatic N) is 1. The molecular weight excluding hydrogens is 450 g/mol. The monoisotopic (exact) mass is 473 g/mol. The maximum Gasteiger partial charge on any atom is 0.515 e. The van der Waals surface area contributed by atoms with Gasteiger partial charge in [-0.05, 0) is 36.2 Å². The predicted molar refractivity (Wildman–Crippen MR) is 131 cm³/mol. The van der Waals surface area contributed by atoms with Crippen LogP contribution in [0.25, 0.3) is 5.57 Å². The molecule has 2 heterocycles. The number of thioether (sulfide) groups is 1. The van der Waals surface area contributed by atoms with Crippen molar-refractivity contribution >= 4 is 29.4 Å². The first-order chi connectivity index (χ1) is 16.7. The average molecular weight is 474 g/mol. The first-order valence-electron chi connectivity index (χ1n) is 11.0. The van der Waals surface area contributed by atoms with Crippen LogP contribution in [0.5, 0.6) is 11.5 Å². The van der Waals surface area contributed by atoms with Gasteiger partial charge < -0.3 is 18.9 Å². The Hall–Kier alpha value is -3.71. The highest BCUT2D eigenvalue weighted by atomic mass is 32.2. The minimum Gasteiger partial charge on any atom is -0.497 e. The van der Waals surface area contributed by atoms with Crippen molar-refractivity contribution in [1.29, 1.82) is 0 Å². The summed E-state index contributed by atoms with van der Waals surface area (Å²) in [5.41, 5.74) is 3.63. The van der Waals surface area contributed by atoms with E-state index in [0.717, 1.165) is 32.1 Å². The van der Waals surface area contributed by atoms with Crippen LogP contribution >= 0.6 is 11.8 Å². The number of carbonyl (C=O) groups is 1. The highest BCUT2D eigenvalue weighted by Crippen LogP contribution is 2.56. The molecule has 34 heavy (non-hydrogen) atoms. The summed E-state index contributed by atoms with van der Waals surface area (Å²) in [6.07, 6.45) is -0.780. The molecule has 0 radical (unpaired) electrons. The van der Waals surface area contributed by atoms with Crippen LogP contribution in [0, 0.1) is 0 Å². The fourth-order valence-corrected chi connectivity index (χ4v) is 5.23. The number of methoxy groups -OCH3 is 1. The van der Waals surface area contributed by atoms with Gasteiger partial charge in [-0.1, -0.05) is 60.3 Å². The van der Waals surface area contributed by atoms with Crippen LogP contribution in [0.4, 0.5) is 4.79 Å². The van der Waals surface area contributed by atoms with Crippen molar-refractivity contribution in [2.24, 2.45) is 4.99 Å². The van der Waals surface area contributed by atoms with Crippen LogP contribution < -0.4 is 9.47 Å². The molecular formula is C27H23NO5S. The summed E-state index contributed by atoms with van der Waals surface area (Å²) in [6, 6.07) is 23.4. The summed E-state index contributed by atoms with van der Waals surface area (Å²) in [7, 11) is 1.61. The summed E-state index contributed by atoms with van der Waals surface area (Å²) in [4.78, 5) is 19.2. The molecule has 3 aromatic rings. The van der Waals surface area contributed by atoms with E-state index >= 15 is 0 Å². The Bertz CT molecular complexity index is 1290. The fourth-order valence-electron chi connectivity index (χ4n) is 3.96. The minimum absolute atomic E-state index is 0.215. The summed E-state index contributed by atoms with van der Waals surface area (Å²) in [6.45, 7) is 2.33. The SMILES string of the molecule is CCOC(=O)OC1=NC2C(=C1c1ccc(OC)cc1OCc1ccccc1)Sc1ccccc12. The third-order valence-corrected chi connectivity index (χ3v) is 6.76. The van der Waals surface area contributed by atoms with Crippen molar-refractivity contribution in [3.8, 4) is 11.5 Å². The van der Waals surface area contributed by atoms with Gasteiger partial charge in [0.05, 0.1) is 19.3 Å². The number of rotatable bonds is 6. The van der Waals surface area contributed by atoms with Crippen LogP contribution in [-0.2, 0) is 16.1 Å². The van der Waals surface area contributed by atoms with Crippen molar-refractivity contribution in [3.63, 3.8) is 0 Å². The van der Waals surface area contributed by atoms with E-state index in [0.29, 0.717) is 18.1 Å². The molecule has 1 unspecified atom stereocenters. The van der Waals surface area contributed by atoms with E-state index in [4.69, 9.17) is 23.9 Å². The highest BCUT2D eigenvalue weighted by Gasteiger charge is 2.40. The normalized spacial score (nSPS) is 15.9. The topological polar surface area (TPSA) is 66.4 Å². The standard InChI is InChI=1S/C27H23NO5S/c1-3-31-27(29)33-26-23(25-24(28-26)20-11-7-8-12-22(20)34-25)19-14-13-18(30-2)15-21(19)32-16-17-9-5-4-6-10-17/h4-15,24H,3,16H2,1-2H3. The molecule has 0 aliphatic carbocycles. The van der Waals surface area contributed by atoms with E-state index in [1.165, 1.54) is 0 Å². The average Bonchev–Trinajstić information content (AvgIpc) is 3.39. The second-order valence-electron chi connectivity index (χ2n) is 7.64. The van der Waals surface area contributed by atoms with E-state index in [1.807, 2.05) is 60.7 Å². The number of hydrogen-bond acceptors (Lipinski definition) is 7. The van der Waals surface area contributed by atoms with Crippen LogP contribution in [0.15, 0.2) is 87.6 Å². The molecule has 2 aliphatic heterocycles. The van der Waals surface area contributed by atoms with E-state index in [-0.39, 0.29) is 18.5 Å². The third-order valence-electron chi connectivity index (χ3n) is 5.53. The fraction of sp³-hybridized carbons (Fsp3) is 0.185. The molecule has 0 amide bonds. The second kappa shape index (κ2) is 9.65. The Balaban J connectivity index is 1.57. The Morgan fingerprint density at radius 2 is 1.82 bits per heavy atom. The quantitative estimate of drug-likeness (QED) is 0.385. The molecule has 7 heteroatoms. The smallest absolute Gasteiger partial charge is 0.497 e. The summed E-state index contributed by atoms with van der Waals surface area (Å²) in [5, 5.41) is 0. The van der Waals surface area contributed by atoms with E-state index in [9.17, 15) is 4.79 Å². The Morgan fingerprint density at radius 3 is 2.62 bits per heavy atom. The first-order valence-corrected chi connectivity index (χ1v) is 11.8.